The first kappa shape index (κ1) is 6.27. The molecule has 0 bridgehead atoms. The Kier molecular flexibility index (Phi) is 1.44. The number of hydrogen-bond acceptors (Lipinski definition) is 2. The molecule has 0 fully saturated rings. The Hall–Kier alpha value is -0.450. The Bertz CT molecular complexity index is 283. The van der Waals surface area contributed by atoms with Gasteiger partial charge >= 0.3 is 0 Å². The fourth-order valence-electron chi connectivity index (χ4n) is 0.955. The van der Waals surface area contributed by atoms with Crippen molar-refractivity contribution in [3.63, 3.8) is 0 Å². The van der Waals surface area contributed by atoms with Crippen LogP contribution in [0.15, 0.2) is 34.5 Å². The van der Waals surface area contributed by atoms with Gasteiger partial charge in [0.25, 0.3) is 0 Å². The highest BCUT2D eigenvalue weighted by Gasteiger charge is 2.15. The number of halogens is 1. The van der Waals surface area contributed by atoms with Crippen LogP contribution < -0.4 is 0 Å². The molecule has 0 radical (unpaired) electrons. The fourth-order valence-corrected chi connectivity index (χ4v) is 1.61. The predicted molar refractivity (Wildman–Crippen MR) is 47.7 cm³/mol. The molecule has 0 amide bonds. The number of alkyl halides is 1. The van der Waals surface area contributed by atoms with Crippen molar-refractivity contribution in [3.05, 3.63) is 29.8 Å². The molecule has 1 aliphatic rings. The third kappa shape index (κ3) is 0.847. The molecular weight excluding hydrogens is 239 g/mol. The molecule has 10 heavy (non-hydrogen) atoms. The summed E-state index contributed by atoms with van der Waals surface area (Å²) in [5.74, 6) is 0. The molecule has 0 saturated carbocycles. The Balaban J connectivity index is 2.59. The number of nitrogens with zero attached hydrogens (tertiary/aromatic N) is 2. The molecule has 0 aromatic heterocycles. The van der Waals surface area contributed by atoms with Gasteiger partial charge in [-0.25, -0.2) is 0 Å². The standard InChI is InChI=1S/C7H5IN2/c8-7-5-3-1-2-4-6(5)9-10-7/h1-4,7H. The summed E-state index contributed by atoms with van der Waals surface area (Å²) in [4.78, 5) is 0. The van der Waals surface area contributed by atoms with Crippen molar-refractivity contribution in [1.82, 2.24) is 0 Å². The van der Waals surface area contributed by atoms with E-state index in [1.807, 2.05) is 18.2 Å². The van der Waals surface area contributed by atoms with Crippen molar-refractivity contribution < 1.29 is 0 Å². The first-order valence-electron chi connectivity index (χ1n) is 3.02. The summed E-state index contributed by atoms with van der Waals surface area (Å²) in [5.41, 5.74) is 2.24. The highest BCUT2D eigenvalue weighted by Crippen LogP contribution is 2.38. The molecule has 0 aliphatic carbocycles. The minimum absolute atomic E-state index is 0.230. The predicted octanol–water partition coefficient (Wildman–Crippen LogP) is 3.22. The highest BCUT2D eigenvalue weighted by molar-refractivity contribution is 14.1. The molecule has 1 unspecified atom stereocenters. The molecule has 3 heteroatoms. The summed E-state index contributed by atoms with van der Waals surface area (Å²) in [6, 6.07) is 8.04. The van der Waals surface area contributed by atoms with Crippen LogP contribution in [0.5, 0.6) is 0 Å². The summed E-state index contributed by atoms with van der Waals surface area (Å²) >= 11 is 2.26. The van der Waals surface area contributed by atoms with E-state index in [2.05, 4.69) is 38.9 Å². The maximum absolute atomic E-state index is 4.02. The number of benzene rings is 1. The smallest absolute Gasteiger partial charge is 0.149 e. The summed E-state index contributed by atoms with van der Waals surface area (Å²) in [6.45, 7) is 0. The van der Waals surface area contributed by atoms with Crippen LogP contribution in [-0.2, 0) is 0 Å². The van der Waals surface area contributed by atoms with Gasteiger partial charge in [-0.15, -0.1) is 0 Å². The molecule has 1 aromatic rings. The quantitative estimate of drug-likeness (QED) is 0.380. The Morgan fingerprint density at radius 1 is 1.30 bits per heavy atom. The first-order chi connectivity index (χ1) is 4.88. The lowest BCUT2D eigenvalue weighted by molar-refractivity contribution is 1.05. The van der Waals surface area contributed by atoms with Crippen molar-refractivity contribution in [3.8, 4) is 0 Å². The molecular formula is C7H5IN2. The van der Waals surface area contributed by atoms with Gasteiger partial charge in [-0.05, 0) is 28.7 Å². The lowest BCUT2D eigenvalue weighted by Crippen LogP contribution is -1.76. The lowest BCUT2D eigenvalue weighted by atomic mass is 10.2. The number of fused-ring (bicyclic) bond motifs is 1. The van der Waals surface area contributed by atoms with Crippen LogP contribution in [0.2, 0.25) is 0 Å². The molecule has 2 rings (SSSR count). The van der Waals surface area contributed by atoms with E-state index in [1.165, 1.54) is 5.56 Å². The van der Waals surface area contributed by atoms with Crippen LogP contribution >= 0.6 is 22.6 Å². The molecule has 0 N–H and O–H groups in total. The molecule has 1 atom stereocenters. The third-order valence-electron chi connectivity index (χ3n) is 1.46. The van der Waals surface area contributed by atoms with Crippen molar-refractivity contribution in [2.75, 3.05) is 0 Å². The van der Waals surface area contributed by atoms with Gasteiger partial charge in [0.15, 0.2) is 0 Å². The van der Waals surface area contributed by atoms with E-state index in [4.69, 9.17) is 0 Å². The molecule has 1 heterocycles. The van der Waals surface area contributed by atoms with Gasteiger partial charge in [-0.3, -0.25) is 0 Å². The summed E-state index contributed by atoms with van der Waals surface area (Å²) in [6.07, 6.45) is 0. The fraction of sp³-hybridized carbons (Fsp3) is 0.143. The van der Waals surface area contributed by atoms with E-state index in [1.54, 1.807) is 0 Å². The van der Waals surface area contributed by atoms with E-state index in [9.17, 15) is 0 Å². The van der Waals surface area contributed by atoms with E-state index >= 15 is 0 Å². The summed E-state index contributed by atoms with van der Waals surface area (Å²) in [5, 5.41) is 8.01. The monoisotopic (exact) mass is 244 g/mol. The second-order valence-electron chi connectivity index (χ2n) is 2.11. The topological polar surface area (TPSA) is 24.7 Å². The zero-order valence-electron chi connectivity index (χ0n) is 5.16. The van der Waals surface area contributed by atoms with E-state index in [0.717, 1.165) is 5.69 Å². The molecule has 2 nitrogen and oxygen atoms in total. The molecule has 1 aromatic carbocycles. The van der Waals surface area contributed by atoms with Crippen molar-refractivity contribution >= 4 is 28.3 Å². The minimum atomic E-state index is 0.230. The zero-order valence-corrected chi connectivity index (χ0v) is 7.32. The minimum Gasteiger partial charge on any atom is -0.170 e. The average molecular weight is 244 g/mol. The first-order valence-corrected chi connectivity index (χ1v) is 4.26. The SMILES string of the molecule is IC1N=Nc2ccccc21. The van der Waals surface area contributed by atoms with E-state index in [0.29, 0.717) is 0 Å². The molecule has 50 valence electrons. The second kappa shape index (κ2) is 2.30. The van der Waals surface area contributed by atoms with Crippen LogP contribution in [0.3, 0.4) is 0 Å². The maximum Gasteiger partial charge on any atom is 0.149 e. The average Bonchev–Trinajstić information content (AvgIpc) is 2.34. The van der Waals surface area contributed by atoms with Crippen LogP contribution in [0.25, 0.3) is 0 Å². The van der Waals surface area contributed by atoms with Crippen LogP contribution in [0, 0.1) is 0 Å². The van der Waals surface area contributed by atoms with Gasteiger partial charge < -0.3 is 0 Å². The normalized spacial score (nSPS) is 21.1. The number of hydrogen-bond donors (Lipinski definition) is 0. The van der Waals surface area contributed by atoms with Gasteiger partial charge in [0.2, 0.25) is 0 Å². The van der Waals surface area contributed by atoms with Gasteiger partial charge in [-0.1, -0.05) is 18.2 Å². The lowest BCUT2D eigenvalue weighted by Gasteiger charge is -1.95. The van der Waals surface area contributed by atoms with Gasteiger partial charge in [-0.2, -0.15) is 10.2 Å². The molecule has 0 spiro atoms. The van der Waals surface area contributed by atoms with E-state index in [-0.39, 0.29) is 4.05 Å². The van der Waals surface area contributed by atoms with Gasteiger partial charge in [0.1, 0.15) is 4.05 Å². The Labute approximate surface area is 72.5 Å². The summed E-state index contributed by atoms with van der Waals surface area (Å²) < 4.78 is 0.230. The maximum atomic E-state index is 4.02. The van der Waals surface area contributed by atoms with Gasteiger partial charge in [0, 0.05) is 5.56 Å². The second-order valence-corrected chi connectivity index (χ2v) is 3.29. The number of azo groups is 1. The molecule has 0 saturated heterocycles. The van der Waals surface area contributed by atoms with Crippen LogP contribution in [0.1, 0.15) is 9.61 Å². The highest BCUT2D eigenvalue weighted by atomic mass is 127. The summed E-state index contributed by atoms with van der Waals surface area (Å²) in [7, 11) is 0. The number of rotatable bonds is 0. The third-order valence-corrected chi connectivity index (χ3v) is 2.38. The van der Waals surface area contributed by atoms with Gasteiger partial charge in [0.05, 0.1) is 5.69 Å². The van der Waals surface area contributed by atoms with Crippen LogP contribution in [0.4, 0.5) is 5.69 Å². The van der Waals surface area contributed by atoms with Crippen molar-refractivity contribution in [2.45, 2.75) is 4.05 Å². The Morgan fingerprint density at radius 2 is 2.10 bits per heavy atom. The van der Waals surface area contributed by atoms with Crippen molar-refractivity contribution in [2.24, 2.45) is 10.2 Å². The molecule has 1 aliphatic heterocycles. The van der Waals surface area contributed by atoms with E-state index < -0.39 is 0 Å². The van der Waals surface area contributed by atoms with Crippen LogP contribution in [-0.4, -0.2) is 0 Å². The van der Waals surface area contributed by atoms with Crippen molar-refractivity contribution in [1.29, 1.82) is 0 Å². The zero-order chi connectivity index (χ0) is 6.97. The Morgan fingerprint density at radius 3 is 2.90 bits per heavy atom. The largest absolute Gasteiger partial charge is 0.170 e.